The van der Waals surface area contributed by atoms with Crippen LogP contribution in [0.2, 0.25) is 0 Å². The summed E-state index contributed by atoms with van der Waals surface area (Å²) in [6, 6.07) is 23.0. The van der Waals surface area contributed by atoms with Gasteiger partial charge in [-0.3, -0.25) is 23.7 Å². The zero-order chi connectivity index (χ0) is 26.6. The monoisotopic (exact) mass is 526 g/mol. The number of Topliss-reactive ketones (excluding diaryl/α,β-unsaturated/α-hetero) is 1. The zero-order valence-electron chi connectivity index (χ0n) is 20.6. The molecule has 2 heterocycles. The van der Waals surface area contributed by atoms with Gasteiger partial charge in [0, 0.05) is 30.1 Å². The number of primary amides is 1. The summed E-state index contributed by atoms with van der Waals surface area (Å²) in [4.78, 5) is 57.5. The van der Waals surface area contributed by atoms with Crippen molar-refractivity contribution >= 4 is 40.3 Å². The van der Waals surface area contributed by atoms with E-state index in [0.717, 1.165) is 0 Å². The molecule has 0 saturated carbocycles. The Morgan fingerprint density at radius 1 is 0.895 bits per heavy atom. The normalized spacial score (nSPS) is 13.9. The lowest BCUT2D eigenvalue weighted by molar-refractivity contribution is -0.123. The second-order valence-corrected chi connectivity index (χ2v) is 10.1. The molecule has 0 aliphatic carbocycles. The van der Waals surface area contributed by atoms with Crippen molar-refractivity contribution in [2.24, 2.45) is 11.7 Å². The van der Waals surface area contributed by atoms with E-state index in [4.69, 9.17) is 10.7 Å². The Bertz CT molecular complexity index is 1560. The van der Waals surface area contributed by atoms with Crippen LogP contribution in [0.15, 0.2) is 88.8 Å². The van der Waals surface area contributed by atoms with Gasteiger partial charge in [0.05, 0.1) is 22.3 Å². The SMILES string of the molecule is NC(=O)C1CCN(C(=O)c2ccc3c(=O)n(-c4ccccc4)c(SCC(=O)c4ccccc4)nc3c2)CC1. The fourth-order valence-corrected chi connectivity index (χ4v) is 5.49. The molecule has 0 atom stereocenters. The summed E-state index contributed by atoms with van der Waals surface area (Å²) in [6.45, 7) is 0.881. The predicted molar refractivity (Wildman–Crippen MR) is 147 cm³/mol. The number of carbonyl (C=O) groups excluding carboxylic acids is 3. The van der Waals surface area contributed by atoms with Crippen LogP contribution >= 0.6 is 11.8 Å². The second kappa shape index (κ2) is 11.0. The van der Waals surface area contributed by atoms with Gasteiger partial charge in [0.2, 0.25) is 5.91 Å². The van der Waals surface area contributed by atoms with Crippen molar-refractivity contribution in [3.05, 3.63) is 100 Å². The Kier molecular flexibility index (Phi) is 7.37. The van der Waals surface area contributed by atoms with Gasteiger partial charge in [-0.05, 0) is 43.2 Å². The lowest BCUT2D eigenvalue weighted by Gasteiger charge is -2.30. The highest BCUT2D eigenvalue weighted by molar-refractivity contribution is 7.99. The summed E-state index contributed by atoms with van der Waals surface area (Å²) < 4.78 is 1.50. The number of para-hydroxylation sites is 1. The van der Waals surface area contributed by atoms with E-state index in [9.17, 15) is 19.2 Å². The number of ketones is 1. The molecule has 5 rings (SSSR count). The number of piperidine rings is 1. The number of carbonyl (C=O) groups is 3. The molecular formula is C29H26N4O4S. The van der Waals surface area contributed by atoms with Crippen molar-refractivity contribution in [3.8, 4) is 5.69 Å². The molecule has 1 aromatic heterocycles. The Morgan fingerprint density at radius 3 is 2.21 bits per heavy atom. The van der Waals surface area contributed by atoms with Crippen molar-refractivity contribution in [3.63, 3.8) is 0 Å². The van der Waals surface area contributed by atoms with Crippen LogP contribution in [0.4, 0.5) is 0 Å². The Balaban J connectivity index is 1.49. The summed E-state index contributed by atoms with van der Waals surface area (Å²) in [6.07, 6.45) is 1.07. The quantitative estimate of drug-likeness (QED) is 0.223. The van der Waals surface area contributed by atoms with Gasteiger partial charge in [-0.15, -0.1) is 0 Å². The van der Waals surface area contributed by atoms with Gasteiger partial charge in [0.15, 0.2) is 10.9 Å². The number of benzene rings is 3. The van der Waals surface area contributed by atoms with E-state index in [1.54, 1.807) is 47.4 Å². The molecule has 9 heteroatoms. The van der Waals surface area contributed by atoms with Crippen LogP contribution in [-0.2, 0) is 4.79 Å². The van der Waals surface area contributed by atoms with Crippen LogP contribution in [0, 0.1) is 5.92 Å². The third kappa shape index (κ3) is 5.24. The van der Waals surface area contributed by atoms with E-state index in [1.165, 1.54) is 16.3 Å². The molecule has 0 unspecified atom stereocenters. The smallest absolute Gasteiger partial charge is 0.266 e. The average molecular weight is 527 g/mol. The minimum Gasteiger partial charge on any atom is -0.369 e. The number of hydrogen-bond donors (Lipinski definition) is 1. The van der Waals surface area contributed by atoms with Crippen molar-refractivity contribution in [1.29, 1.82) is 0 Å². The Morgan fingerprint density at radius 2 is 1.55 bits per heavy atom. The van der Waals surface area contributed by atoms with Crippen LogP contribution in [0.1, 0.15) is 33.6 Å². The Hall–Kier alpha value is -4.24. The van der Waals surface area contributed by atoms with Gasteiger partial charge in [-0.1, -0.05) is 60.3 Å². The standard InChI is InChI=1S/C29H26N4O4S/c30-26(35)20-13-15-32(16-14-20)27(36)21-11-12-23-24(17-21)31-29(33(28(23)37)22-9-5-2-6-10-22)38-18-25(34)19-7-3-1-4-8-19/h1-12,17,20H,13-16,18H2,(H2,30,35). The van der Waals surface area contributed by atoms with Crippen LogP contribution in [0.3, 0.4) is 0 Å². The number of nitrogens with two attached hydrogens (primary N) is 1. The van der Waals surface area contributed by atoms with Gasteiger partial charge in [-0.2, -0.15) is 0 Å². The van der Waals surface area contributed by atoms with Gasteiger partial charge < -0.3 is 10.6 Å². The van der Waals surface area contributed by atoms with Gasteiger partial charge >= 0.3 is 0 Å². The van der Waals surface area contributed by atoms with Crippen molar-refractivity contribution in [1.82, 2.24) is 14.5 Å². The van der Waals surface area contributed by atoms with Gasteiger partial charge in [0.25, 0.3) is 11.5 Å². The van der Waals surface area contributed by atoms with E-state index >= 15 is 0 Å². The topological polar surface area (TPSA) is 115 Å². The number of thioether (sulfide) groups is 1. The third-order valence-corrected chi connectivity index (χ3v) is 7.65. The van der Waals surface area contributed by atoms with E-state index < -0.39 is 0 Å². The number of rotatable bonds is 7. The first-order valence-corrected chi connectivity index (χ1v) is 13.3. The molecule has 1 aliphatic heterocycles. The molecule has 4 aromatic rings. The average Bonchev–Trinajstić information content (AvgIpc) is 2.96. The number of aromatic nitrogens is 2. The maximum absolute atomic E-state index is 13.6. The maximum atomic E-state index is 13.6. The zero-order valence-corrected chi connectivity index (χ0v) is 21.4. The van der Waals surface area contributed by atoms with Gasteiger partial charge in [-0.25, -0.2) is 4.98 Å². The predicted octanol–water partition coefficient (Wildman–Crippen LogP) is 3.70. The number of nitrogens with zero attached hydrogens (tertiary/aromatic N) is 3. The first kappa shape index (κ1) is 25.4. The minimum absolute atomic E-state index is 0.0761. The highest BCUT2D eigenvalue weighted by atomic mass is 32.2. The largest absolute Gasteiger partial charge is 0.369 e. The number of amides is 2. The Labute approximate surface area is 223 Å². The summed E-state index contributed by atoms with van der Waals surface area (Å²) in [5, 5.41) is 0.737. The molecule has 2 amide bonds. The third-order valence-electron chi connectivity index (χ3n) is 6.71. The van der Waals surface area contributed by atoms with E-state index in [-0.39, 0.29) is 34.8 Å². The molecule has 38 heavy (non-hydrogen) atoms. The number of likely N-dealkylation sites (tertiary alicyclic amines) is 1. The molecule has 0 bridgehead atoms. The molecular weight excluding hydrogens is 500 g/mol. The first-order valence-electron chi connectivity index (χ1n) is 12.3. The molecule has 1 aliphatic rings. The number of hydrogen-bond acceptors (Lipinski definition) is 6. The lowest BCUT2D eigenvalue weighted by Crippen LogP contribution is -2.41. The van der Waals surface area contributed by atoms with E-state index in [1.807, 2.05) is 36.4 Å². The van der Waals surface area contributed by atoms with Gasteiger partial charge in [0.1, 0.15) is 0 Å². The van der Waals surface area contributed by atoms with Crippen molar-refractivity contribution < 1.29 is 14.4 Å². The molecule has 0 spiro atoms. The molecule has 8 nitrogen and oxygen atoms in total. The lowest BCUT2D eigenvalue weighted by atomic mass is 9.96. The molecule has 192 valence electrons. The highest BCUT2D eigenvalue weighted by Crippen LogP contribution is 2.24. The van der Waals surface area contributed by atoms with Crippen LogP contribution < -0.4 is 11.3 Å². The maximum Gasteiger partial charge on any atom is 0.266 e. The molecule has 2 N–H and O–H groups in total. The summed E-state index contributed by atoms with van der Waals surface area (Å²) >= 11 is 1.18. The summed E-state index contributed by atoms with van der Waals surface area (Å²) in [5.41, 5.74) is 7.16. The molecule has 1 fully saturated rings. The minimum atomic E-state index is -0.336. The molecule has 0 radical (unpaired) electrons. The van der Waals surface area contributed by atoms with E-state index in [0.29, 0.717) is 58.8 Å². The van der Waals surface area contributed by atoms with Crippen molar-refractivity contribution in [2.75, 3.05) is 18.8 Å². The fourth-order valence-electron chi connectivity index (χ4n) is 4.59. The fraction of sp³-hybridized carbons (Fsp3) is 0.207. The van der Waals surface area contributed by atoms with Crippen LogP contribution in [0.5, 0.6) is 0 Å². The molecule has 1 saturated heterocycles. The van der Waals surface area contributed by atoms with E-state index in [2.05, 4.69) is 0 Å². The van der Waals surface area contributed by atoms with Crippen LogP contribution in [0.25, 0.3) is 16.6 Å². The molecule has 3 aromatic carbocycles. The second-order valence-electron chi connectivity index (χ2n) is 9.15. The highest BCUT2D eigenvalue weighted by Gasteiger charge is 2.27. The number of fused-ring (bicyclic) bond motifs is 1. The first-order chi connectivity index (χ1) is 18.4. The van der Waals surface area contributed by atoms with Crippen LogP contribution in [-0.4, -0.2) is 50.9 Å². The summed E-state index contributed by atoms with van der Waals surface area (Å²) in [7, 11) is 0. The summed E-state index contributed by atoms with van der Waals surface area (Å²) in [5.74, 6) is -0.711. The van der Waals surface area contributed by atoms with Crippen molar-refractivity contribution in [2.45, 2.75) is 18.0 Å².